The predicted octanol–water partition coefficient (Wildman–Crippen LogP) is 4.02. The molecule has 27 heavy (non-hydrogen) atoms. The molecule has 1 heterocycles. The van der Waals surface area contributed by atoms with E-state index in [-0.39, 0.29) is 11.0 Å². The number of aromatic nitrogens is 3. The second-order valence-electron chi connectivity index (χ2n) is 5.91. The van der Waals surface area contributed by atoms with E-state index in [2.05, 4.69) is 10.2 Å². The lowest BCUT2D eigenvalue weighted by atomic mass is 10.2. The fourth-order valence-electron chi connectivity index (χ4n) is 2.56. The SMILES string of the molecule is COc1ccc(-n2c(SC(C)C(C)=O)nnc2-c2ccccc2OC)cc1. The van der Waals surface area contributed by atoms with Gasteiger partial charge in [-0.2, -0.15) is 0 Å². The third-order valence-corrected chi connectivity index (χ3v) is 5.33. The summed E-state index contributed by atoms with van der Waals surface area (Å²) >= 11 is 1.38. The van der Waals surface area contributed by atoms with Crippen molar-refractivity contribution in [2.75, 3.05) is 14.2 Å². The summed E-state index contributed by atoms with van der Waals surface area (Å²) < 4.78 is 12.7. The van der Waals surface area contributed by atoms with E-state index < -0.39 is 0 Å². The van der Waals surface area contributed by atoms with Crippen LogP contribution in [0.3, 0.4) is 0 Å². The van der Waals surface area contributed by atoms with Gasteiger partial charge in [-0.15, -0.1) is 10.2 Å². The van der Waals surface area contributed by atoms with E-state index in [1.54, 1.807) is 21.1 Å². The molecule has 3 aromatic rings. The van der Waals surface area contributed by atoms with Gasteiger partial charge < -0.3 is 9.47 Å². The number of carbonyl (C=O) groups is 1. The highest BCUT2D eigenvalue weighted by atomic mass is 32.2. The predicted molar refractivity (Wildman–Crippen MR) is 106 cm³/mol. The van der Waals surface area contributed by atoms with Crippen molar-refractivity contribution in [1.82, 2.24) is 14.8 Å². The Morgan fingerprint density at radius 1 is 1.04 bits per heavy atom. The minimum atomic E-state index is -0.225. The van der Waals surface area contributed by atoms with Crippen molar-refractivity contribution in [2.45, 2.75) is 24.3 Å². The number of Topliss-reactive ketones (excluding diaryl/α,β-unsaturated/α-hetero) is 1. The highest BCUT2D eigenvalue weighted by Crippen LogP contribution is 2.34. The maximum absolute atomic E-state index is 11.7. The average Bonchev–Trinajstić information content (AvgIpc) is 3.11. The first-order chi connectivity index (χ1) is 13.0. The Kier molecular flexibility index (Phi) is 5.81. The summed E-state index contributed by atoms with van der Waals surface area (Å²) in [6.45, 7) is 3.44. The van der Waals surface area contributed by atoms with Crippen LogP contribution in [-0.2, 0) is 4.79 Å². The van der Waals surface area contributed by atoms with Crippen LogP contribution in [0.2, 0.25) is 0 Å². The van der Waals surface area contributed by atoms with E-state index in [0.717, 1.165) is 17.0 Å². The van der Waals surface area contributed by atoms with Gasteiger partial charge in [-0.05, 0) is 50.2 Å². The van der Waals surface area contributed by atoms with Crippen LogP contribution in [0.25, 0.3) is 17.1 Å². The number of hydrogen-bond donors (Lipinski definition) is 0. The molecule has 0 aliphatic heterocycles. The molecule has 0 bridgehead atoms. The number of hydrogen-bond acceptors (Lipinski definition) is 6. The van der Waals surface area contributed by atoms with Crippen LogP contribution in [0.4, 0.5) is 0 Å². The van der Waals surface area contributed by atoms with Gasteiger partial charge >= 0.3 is 0 Å². The number of para-hydroxylation sites is 1. The lowest BCUT2D eigenvalue weighted by molar-refractivity contribution is -0.116. The van der Waals surface area contributed by atoms with Crippen molar-refractivity contribution in [1.29, 1.82) is 0 Å². The summed E-state index contributed by atoms with van der Waals surface area (Å²) in [6, 6.07) is 15.3. The number of benzene rings is 2. The van der Waals surface area contributed by atoms with E-state index in [4.69, 9.17) is 9.47 Å². The van der Waals surface area contributed by atoms with Crippen molar-refractivity contribution in [3.05, 3.63) is 48.5 Å². The number of ketones is 1. The van der Waals surface area contributed by atoms with Gasteiger partial charge in [0.2, 0.25) is 0 Å². The topological polar surface area (TPSA) is 66.2 Å². The molecule has 0 saturated carbocycles. The molecular weight excluding hydrogens is 362 g/mol. The molecule has 0 aliphatic rings. The largest absolute Gasteiger partial charge is 0.497 e. The summed E-state index contributed by atoms with van der Waals surface area (Å²) in [4.78, 5) is 11.7. The zero-order valence-electron chi connectivity index (χ0n) is 15.7. The van der Waals surface area contributed by atoms with Gasteiger partial charge in [0.25, 0.3) is 0 Å². The third kappa shape index (κ3) is 3.98. The molecule has 140 valence electrons. The van der Waals surface area contributed by atoms with E-state index in [1.165, 1.54) is 11.8 Å². The van der Waals surface area contributed by atoms with Crippen LogP contribution in [-0.4, -0.2) is 40.0 Å². The molecule has 0 saturated heterocycles. The second-order valence-corrected chi connectivity index (χ2v) is 7.22. The molecule has 1 unspecified atom stereocenters. The maximum atomic E-state index is 11.7. The minimum absolute atomic E-state index is 0.0862. The second kappa shape index (κ2) is 8.26. The van der Waals surface area contributed by atoms with Crippen molar-refractivity contribution in [3.8, 4) is 28.6 Å². The minimum Gasteiger partial charge on any atom is -0.497 e. The van der Waals surface area contributed by atoms with Crippen LogP contribution in [0.5, 0.6) is 11.5 Å². The fraction of sp³-hybridized carbons (Fsp3) is 0.250. The quantitative estimate of drug-likeness (QED) is 0.574. The first-order valence-corrected chi connectivity index (χ1v) is 9.33. The number of rotatable bonds is 7. The van der Waals surface area contributed by atoms with Gasteiger partial charge in [0.15, 0.2) is 11.0 Å². The highest BCUT2D eigenvalue weighted by Gasteiger charge is 2.21. The van der Waals surface area contributed by atoms with Crippen LogP contribution in [0.15, 0.2) is 53.7 Å². The molecule has 3 rings (SSSR count). The first kappa shape index (κ1) is 19.0. The maximum Gasteiger partial charge on any atom is 0.196 e. The normalized spacial score (nSPS) is 11.9. The fourth-order valence-corrected chi connectivity index (χ4v) is 3.42. The first-order valence-electron chi connectivity index (χ1n) is 8.45. The highest BCUT2D eigenvalue weighted by molar-refractivity contribution is 8.00. The summed E-state index contributed by atoms with van der Waals surface area (Å²) in [7, 11) is 3.25. The molecule has 0 amide bonds. The monoisotopic (exact) mass is 383 g/mol. The van der Waals surface area contributed by atoms with Gasteiger partial charge in [-0.3, -0.25) is 9.36 Å². The number of carbonyl (C=O) groups excluding carboxylic acids is 1. The molecule has 0 fully saturated rings. The van der Waals surface area contributed by atoms with Crippen molar-refractivity contribution >= 4 is 17.5 Å². The summed E-state index contributed by atoms with van der Waals surface area (Å²) in [5.74, 6) is 2.20. The molecular formula is C20H21N3O3S. The Bertz CT molecular complexity index is 938. The molecule has 6 nitrogen and oxygen atoms in total. The van der Waals surface area contributed by atoms with E-state index in [0.29, 0.717) is 16.7 Å². The van der Waals surface area contributed by atoms with Crippen molar-refractivity contribution in [3.63, 3.8) is 0 Å². The smallest absolute Gasteiger partial charge is 0.196 e. The van der Waals surface area contributed by atoms with Crippen LogP contribution < -0.4 is 9.47 Å². The number of thioether (sulfide) groups is 1. The van der Waals surface area contributed by atoms with Crippen molar-refractivity contribution in [2.24, 2.45) is 0 Å². The van der Waals surface area contributed by atoms with E-state index in [1.807, 2.05) is 60.0 Å². The van der Waals surface area contributed by atoms with Crippen LogP contribution >= 0.6 is 11.8 Å². The lowest BCUT2D eigenvalue weighted by Gasteiger charge is -2.14. The molecule has 1 aromatic heterocycles. The van der Waals surface area contributed by atoms with E-state index >= 15 is 0 Å². The summed E-state index contributed by atoms with van der Waals surface area (Å²) in [6.07, 6.45) is 0. The Morgan fingerprint density at radius 3 is 2.37 bits per heavy atom. The van der Waals surface area contributed by atoms with Gasteiger partial charge in [0.05, 0.1) is 30.7 Å². The number of methoxy groups -OCH3 is 2. The van der Waals surface area contributed by atoms with Crippen molar-refractivity contribution < 1.29 is 14.3 Å². The van der Waals surface area contributed by atoms with Crippen LogP contribution in [0, 0.1) is 0 Å². The average molecular weight is 383 g/mol. The van der Waals surface area contributed by atoms with Gasteiger partial charge in [0, 0.05) is 0 Å². The number of nitrogens with zero attached hydrogens (tertiary/aromatic N) is 3. The molecule has 0 radical (unpaired) electrons. The standard InChI is InChI=1S/C20H21N3O3S/c1-13(24)14(2)27-20-22-21-19(17-7-5-6-8-18(17)26-4)23(20)15-9-11-16(25-3)12-10-15/h5-12,14H,1-4H3. The van der Waals surface area contributed by atoms with Gasteiger partial charge in [0.1, 0.15) is 17.3 Å². The van der Waals surface area contributed by atoms with Gasteiger partial charge in [-0.1, -0.05) is 23.9 Å². The molecule has 0 N–H and O–H groups in total. The summed E-state index contributed by atoms with van der Waals surface area (Å²) in [5.41, 5.74) is 1.70. The molecule has 0 spiro atoms. The number of ether oxygens (including phenoxy) is 2. The zero-order valence-corrected chi connectivity index (χ0v) is 16.5. The molecule has 1 atom stereocenters. The Balaban J connectivity index is 2.16. The van der Waals surface area contributed by atoms with Gasteiger partial charge in [-0.25, -0.2) is 0 Å². The zero-order chi connectivity index (χ0) is 19.4. The lowest BCUT2D eigenvalue weighted by Crippen LogP contribution is -2.10. The Morgan fingerprint density at radius 2 is 1.74 bits per heavy atom. The van der Waals surface area contributed by atoms with E-state index in [9.17, 15) is 4.79 Å². The Hall–Kier alpha value is -2.80. The molecule has 7 heteroatoms. The molecule has 0 aliphatic carbocycles. The molecule has 2 aromatic carbocycles. The van der Waals surface area contributed by atoms with Crippen LogP contribution in [0.1, 0.15) is 13.8 Å². The third-order valence-electron chi connectivity index (χ3n) is 4.17. The Labute approximate surface area is 162 Å². The summed E-state index contributed by atoms with van der Waals surface area (Å²) in [5, 5.41) is 9.16.